The van der Waals surface area contributed by atoms with E-state index in [4.69, 9.17) is 23.2 Å². The molecular weight excluding hydrogens is 275 g/mol. The van der Waals surface area contributed by atoms with E-state index in [0.29, 0.717) is 0 Å². The van der Waals surface area contributed by atoms with Gasteiger partial charge in [-0.2, -0.15) is 0 Å². The minimum absolute atomic E-state index is 0.118. The monoisotopic (exact) mass is 292 g/mol. The largest absolute Gasteiger partial charge is 0.113 e. The van der Waals surface area contributed by atoms with E-state index in [9.17, 15) is 0 Å². The van der Waals surface area contributed by atoms with Crippen LogP contribution >= 0.6 is 23.2 Å². The molecule has 0 heterocycles. The fourth-order valence-corrected chi connectivity index (χ4v) is 3.01. The summed E-state index contributed by atoms with van der Waals surface area (Å²) in [7, 11) is 0. The fraction of sp³-hybridized carbons (Fsp3) is 0.294. The molecule has 0 aliphatic carbocycles. The Bertz CT molecular complexity index is 588. The first-order valence-corrected chi connectivity index (χ1v) is 7.34. The molecule has 0 saturated heterocycles. The van der Waals surface area contributed by atoms with Gasteiger partial charge in [0.1, 0.15) is 0 Å². The third-order valence-corrected chi connectivity index (χ3v) is 4.41. The standard InChI is InChI=1S/C17H18Cl2/c1-4-13-7-5-6-8-14(13)17(19)15-9-12(3)16(18)10-11(15)2/h5-10,17H,4H2,1-3H3. The Morgan fingerprint density at radius 1 is 1.00 bits per heavy atom. The lowest BCUT2D eigenvalue weighted by atomic mass is 9.94. The first kappa shape index (κ1) is 14.4. The van der Waals surface area contributed by atoms with Crippen molar-refractivity contribution in [2.24, 2.45) is 0 Å². The molecule has 0 fully saturated rings. The van der Waals surface area contributed by atoms with Crippen LogP contribution in [0.5, 0.6) is 0 Å². The summed E-state index contributed by atoms with van der Waals surface area (Å²) >= 11 is 12.9. The van der Waals surface area contributed by atoms with Crippen molar-refractivity contribution in [3.63, 3.8) is 0 Å². The summed E-state index contributed by atoms with van der Waals surface area (Å²) in [5.74, 6) is 0. The molecule has 2 aromatic rings. The molecule has 0 saturated carbocycles. The third-order valence-electron chi connectivity index (χ3n) is 3.53. The van der Waals surface area contributed by atoms with E-state index >= 15 is 0 Å². The van der Waals surface area contributed by atoms with Gasteiger partial charge in [0, 0.05) is 5.02 Å². The van der Waals surface area contributed by atoms with Gasteiger partial charge in [0.2, 0.25) is 0 Å². The van der Waals surface area contributed by atoms with Crippen LogP contribution in [0, 0.1) is 13.8 Å². The second kappa shape index (κ2) is 5.98. The van der Waals surface area contributed by atoms with Crippen LogP contribution in [0.2, 0.25) is 5.02 Å². The number of halogens is 2. The van der Waals surface area contributed by atoms with Gasteiger partial charge in [0.05, 0.1) is 5.38 Å². The van der Waals surface area contributed by atoms with E-state index in [1.54, 1.807) is 0 Å². The lowest BCUT2D eigenvalue weighted by Crippen LogP contribution is -2.01. The summed E-state index contributed by atoms with van der Waals surface area (Å²) in [6.45, 7) is 6.23. The summed E-state index contributed by atoms with van der Waals surface area (Å²) in [6, 6.07) is 12.5. The van der Waals surface area contributed by atoms with Gasteiger partial charge in [0.15, 0.2) is 0 Å². The number of hydrogen-bond donors (Lipinski definition) is 0. The molecule has 0 spiro atoms. The van der Waals surface area contributed by atoms with Crippen LogP contribution in [0.25, 0.3) is 0 Å². The summed E-state index contributed by atoms with van der Waals surface area (Å²) in [5.41, 5.74) is 5.85. The van der Waals surface area contributed by atoms with Gasteiger partial charge in [-0.05, 0) is 54.2 Å². The van der Waals surface area contributed by atoms with Crippen LogP contribution in [0.4, 0.5) is 0 Å². The molecule has 0 nitrogen and oxygen atoms in total. The van der Waals surface area contributed by atoms with Gasteiger partial charge >= 0.3 is 0 Å². The van der Waals surface area contributed by atoms with E-state index in [-0.39, 0.29) is 5.38 Å². The van der Waals surface area contributed by atoms with Crippen molar-refractivity contribution in [3.8, 4) is 0 Å². The zero-order chi connectivity index (χ0) is 14.0. The van der Waals surface area contributed by atoms with Crippen LogP contribution in [-0.4, -0.2) is 0 Å². The third kappa shape index (κ3) is 2.96. The predicted molar refractivity (Wildman–Crippen MR) is 84.4 cm³/mol. The maximum atomic E-state index is 6.70. The second-order valence-electron chi connectivity index (χ2n) is 4.87. The molecule has 0 bridgehead atoms. The Balaban J connectivity index is 2.50. The van der Waals surface area contributed by atoms with Gasteiger partial charge in [-0.3, -0.25) is 0 Å². The summed E-state index contributed by atoms with van der Waals surface area (Å²) in [6.07, 6.45) is 0.991. The molecule has 0 amide bonds. The van der Waals surface area contributed by atoms with Crippen LogP contribution in [0.15, 0.2) is 36.4 Å². The van der Waals surface area contributed by atoms with E-state index in [2.05, 4.69) is 38.1 Å². The van der Waals surface area contributed by atoms with Crippen molar-refractivity contribution in [3.05, 3.63) is 69.2 Å². The Hall–Kier alpha value is -0.980. The van der Waals surface area contributed by atoms with Crippen molar-refractivity contribution in [1.82, 2.24) is 0 Å². The average molecular weight is 293 g/mol. The van der Waals surface area contributed by atoms with Gasteiger partial charge in [-0.1, -0.05) is 48.9 Å². The van der Waals surface area contributed by atoms with Crippen molar-refractivity contribution < 1.29 is 0 Å². The maximum absolute atomic E-state index is 6.70. The molecule has 2 aromatic carbocycles. The summed E-state index contributed by atoms with van der Waals surface area (Å²) < 4.78 is 0. The Labute approximate surface area is 125 Å². The molecule has 0 aromatic heterocycles. The minimum atomic E-state index is -0.118. The second-order valence-corrected chi connectivity index (χ2v) is 5.72. The van der Waals surface area contributed by atoms with Crippen molar-refractivity contribution in [2.75, 3.05) is 0 Å². The zero-order valence-electron chi connectivity index (χ0n) is 11.5. The van der Waals surface area contributed by atoms with Crippen LogP contribution in [0.3, 0.4) is 0 Å². The molecule has 2 heteroatoms. The lowest BCUT2D eigenvalue weighted by Gasteiger charge is -2.17. The smallest absolute Gasteiger partial charge is 0.0840 e. The number of hydrogen-bond acceptors (Lipinski definition) is 0. The summed E-state index contributed by atoms with van der Waals surface area (Å²) in [4.78, 5) is 0. The van der Waals surface area contributed by atoms with Crippen molar-refractivity contribution in [2.45, 2.75) is 32.6 Å². The molecule has 1 atom stereocenters. The van der Waals surface area contributed by atoms with Gasteiger partial charge in [-0.15, -0.1) is 11.6 Å². The minimum Gasteiger partial charge on any atom is -0.113 e. The topological polar surface area (TPSA) is 0 Å². The van der Waals surface area contributed by atoms with Crippen molar-refractivity contribution >= 4 is 23.2 Å². The highest BCUT2D eigenvalue weighted by Gasteiger charge is 2.16. The first-order chi connectivity index (χ1) is 9.04. The van der Waals surface area contributed by atoms with Crippen LogP contribution < -0.4 is 0 Å². The molecule has 2 rings (SSSR count). The Morgan fingerprint density at radius 3 is 2.37 bits per heavy atom. The van der Waals surface area contributed by atoms with Gasteiger partial charge in [0.25, 0.3) is 0 Å². The molecule has 19 heavy (non-hydrogen) atoms. The van der Waals surface area contributed by atoms with E-state index in [0.717, 1.165) is 28.1 Å². The number of alkyl halides is 1. The Kier molecular flexibility index (Phi) is 4.54. The van der Waals surface area contributed by atoms with E-state index in [1.165, 1.54) is 11.1 Å². The highest BCUT2D eigenvalue weighted by Crippen LogP contribution is 2.35. The van der Waals surface area contributed by atoms with Crippen LogP contribution in [0.1, 0.15) is 40.1 Å². The Morgan fingerprint density at radius 2 is 1.68 bits per heavy atom. The maximum Gasteiger partial charge on any atom is 0.0840 e. The lowest BCUT2D eigenvalue weighted by molar-refractivity contribution is 1.03. The number of rotatable bonds is 3. The molecular formula is C17H18Cl2. The molecule has 1 unspecified atom stereocenters. The normalized spacial score (nSPS) is 12.5. The molecule has 0 N–H and O–H groups in total. The summed E-state index contributed by atoms with van der Waals surface area (Å²) in [5, 5.41) is 0.681. The van der Waals surface area contributed by atoms with E-state index in [1.807, 2.05) is 19.1 Å². The van der Waals surface area contributed by atoms with Gasteiger partial charge in [-0.25, -0.2) is 0 Å². The predicted octanol–water partition coefficient (Wildman–Crippen LogP) is 5.85. The van der Waals surface area contributed by atoms with Crippen molar-refractivity contribution in [1.29, 1.82) is 0 Å². The van der Waals surface area contributed by atoms with Crippen LogP contribution in [-0.2, 0) is 6.42 Å². The van der Waals surface area contributed by atoms with Gasteiger partial charge < -0.3 is 0 Å². The molecule has 0 aliphatic rings. The molecule has 0 radical (unpaired) electrons. The fourth-order valence-electron chi connectivity index (χ4n) is 2.35. The number of aryl methyl sites for hydroxylation is 3. The zero-order valence-corrected chi connectivity index (χ0v) is 13.0. The first-order valence-electron chi connectivity index (χ1n) is 6.53. The highest BCUT2D eigenvalue weighted by molar-refractivity contribution is 6.31. The molecule has 0 aliphatic heterocycles. The quantitative estimate of drug-likeness (QED) is 0.623. The average Bonchev–Trinajstić information content (AvgIpc) is 2.42. The molecule has 100 valence electrons. The highest BCUT2D eigenvalue weighted by atomic mass is 35.5. The number of benzene rings is 2. The SMILES string of the molecule is CCc1ccccc1C(Cl)c1cc(C)c(Cl)cc1C. The van der Waals surface area contributed by atoms with E-state index < -0.39 is 0 Å².